The van der Waals surface area contributed by atoms with Crippen molar-refractivity contribution in [2.75, 3.05) is 17.7 Å². The Balaban J connectivity index is 2.23. The van der Waals surface area contributed by atoms with Gasteiger partial charge in [0.2, 0.25) is 0 Å². The third-order valence-electron chi connectivity index (χ3n) is 3.17. The lowest BCUT2D eigenvalue weighted by molar-refractivity contribution is -0.384. The van der Waals surface area contributed by atoms with E-state index in [2.05, 4.69) is 10.6 Å². The molecule has 6 heteroatoms. The van der Waals surface area contributed by atoms with E-state index in [0.29, 0.717) is 11.4 Å². The highest BCUT2D eigenvalue weighted by molar-refractivity contribution is 5.63. The smallest absolute Gasteiger partial charge is 0.273 e. The van der Waals surface area contributed by atoms with Crippen LogP contribution in [0.4, 0.5) is 21.5 Å². The molecule has 2 aromatic carbocycles. The van der Waals surface area contributed by atoms with Crippen LogP contribution in [-0.4, -0.2) is 12.0 Å². The van der Waals surface area contributed by atoms with Gasteiger partial charge in [-0.15, -0.1) is 0 Å². The molecular weight excluding hydrogens is 273 g/mol. The van der Waals surface area contributed by atoms with Crippen LogP contribution in [0.3, 0.4) is 0 Å². The molecule has 21 heavy (non-hydrogen) atoms. The molecule has 0 amide bonds. The fourth-order valence-electron chi connectivity index (χ4n) is 2.03. The fourth-order valence-corrected chi connectivity index (χ4v) is 2.03. The molecule has 0 aliphatic rings. The molecule has 0 aliphatic carbocycles. The van der Waals surface area contributed by atoms with Gasteiger partial charge in [0.05, 0.1) is 4.92 Å². The molecule has 0 saturated carbocycles. The first-order valence-corrected chi connectivity index (χ1v) is 6.49. The number of rotatable bonds is 5. The highest BCUT2D eigenvalue weighted by Gasteiger charge is 2.12. The van der Waals surface area contributed by atoms with Crippen molar-refractivity contribution in [2.45, 2.75) is 13.0 Å². The standard InChI is InChI=1S/C15H16FN3O2/c1-10(11-3-5-12(16)6-4-11)18-14-7-13(17-2)8-15(9-14)19(20)21/h3-10,17-18H,1-2H3. The quantitative estimate of drug-likeness (QED) is 0.646. The van der Waals surface area contributed by atoms with E-state index in [1.807, 2.05) is 6.92 Å². The molecule has 0 bridgehead atoms. The number of hydrogen-bond acceptors (Lipinski definition) is 4. The first kappa shape index (κ1) is 14.8. The van der Waals surface area contributed by atoms with Crippen molar-refractivity contribution < 1.29 is 9.31 Å². The molecule has 2 rings (SSSR count). The molecule has 0 saturated heterocycles. The molecule has 0 aliphatic heterocycles. The molecule has 1 unspecified atom stereocenters. The molecule has 0 fully saturated rings. The van der Waals surface area contributed by atoms with E-state index in [-0.39, 0.29) is 17.5 Å². The first-order valence-electron chi connectivity index (χ1n) is 6.49. The lowest BCUT2D eigenvalue weighted by Crippen LogP contribution is -2.07. The van der Waals surface area contributed by atoms with Gasteiger partial charge in [0.15, 0.2) is 0 Å². The second-order valence-electron chi connectivity index (χ2n) is 4.69. The zero-order valence-corrected chi connectivity index (χ0v) is 11.8. The van der Waals surface area contributed by atoms with Crippen LogP contribution in [0, 0.1) is 15.9 Å². The van der Waals surface area contributed by atoms with Gasteiger partial charge in [-0.1, -0.05) is 12.1 Å². The Labute approximate surface area is 122 Å². The molecule has 110 valence electrons. The maximum absolute atomic E-state index is 12.9. The lowest BCUT2D eigenvalue weighted by Gasteiger charge is -2.16. The van der Waals surface area contributed by atoms with Crippen LogP contribution in [0.25, 0.3) is 0 Å². The maximum Gasteiger partial charge on any atom is 0.273 e. The minimum Gasteiger partial charge on any atom is -0.388 e. The summed E-state index contributed by atoms with van der Waals surface area (Å²) < 4.78 is 12.9. The van der Waals surface area contributed by atoms with Gasteiger partial charge in [0.1, 0.15) is 5.82 Å². The molecule has 0 spiro atoms. The van der Waals surface area contributed by atoms with Gasteiger partial charge in [-0.05, 0) is 30.7 Å². The van der Waals surface area contributed by atoms with E-state index in [1.54, 1.807) is 25.2 Å². The molecule has 0 aromatic heterocycles. The lowest BCUT2D eigenvalue weighted by atomic mass is 10.1. The highest BCUT2D eigenvalue weighted by Crippen LogP contribution is 2.27. The van der Waals surface area contributed by atoms with Crippen molar-refractivity contribution in [1.82, 2.24) is 0 Å². The normalized spacial score (nSPS) is 11.8. The number of nitrogens with one attached hydrogen (secondary N) is 2. The Morgan fingerprint density at radius 3 is 2.33 bits per heavy atom. The predicted molar refractivity (Wildman–Crippen MR) is 81.1 cm³/mol. The first-order chi connectivity index (χ1) is 9.99. The number of anilines is 2. The summed E-state index contributed by atoms with van der Waals surface area (Å²) >= 11 is 0. The Morgan fingerprint density at radius 1 is 1.14 bits per heavy atom. The van der Waals surface area contributed by atoms with Crippen LogP contribution >= 0.6 is 0 Å². The third kappa shape index (κ3) is 3.68. The topological polar surface area (TPSA) is 67.2 Å². The summed E-state index contributed by atoms with van der Waals surface area (Å²) in [6, 6.07) is 10.8. The Hall–Kier alpha value is -2.63. The summed E-state index contributed by atoms with van der Waals surface area (Å²) in [4.78, 5) is 10.5. The van der Waals surface area contributed by atoms with E-state index in [9.17, 15) is 14.5 Å². The average Bonchev–Trinajstić information content (AvgIpc) is 2.47. The van der Waals surface area contributed by atoms with E-state index in [0.717, 1.165) is 5.56 Å². The second kappa shape index (κ2) is 6.21. The largest absolute Gasteiger partial charge is 0.388 e. The fraction of sp³-hybridized carbons (Fsp3) is 0.200. The Kier molecular flexibility index (Phi) is 4.37. The van der Waals surface area contributed by atoms with Gasteiger partial charge >= 0.3 is 0 Å². The van der Waals surface area contributed by atoms with Gasteiger partial charge in [0, 0.05) is 36.6 Å². The molecule has 0 radical (unpaired) electrons. The summed E-state index contributed by atoms with van der Waals surface area (Å²) in [6.45, 7) is 1.91. The van der Waals surface area contributed by atoms with Crippen LogP contribution in [0.15, 0.2) is 42.5 Å². The van der Waals surface area contributed by atoms with E-state index >= 15 is 0 Å². The minimum atomic E-state index is -0.436. The van der Waals surface area contributed by atoms with E-state index < -0.39 is 4.92 Å². The average molecular weight is 289 g/mol. The minimum absolute atomic E-state index is 0.00987. The van der Waals surface area contributed by atoms with Crippen LogP contribution in [0.2, 0.25) is 0 Å². The van der Waals surface area contributed by atoms with Crippen LogP contribution in [0.5, 0.6) is 0 Å². The van der Waals surface area contributed by atoms with E-state index in [4.69, 9.17) is 0 Å². The van der Waals surface area contributed by atoms with Crippen molar-refractivity contribution >= 4 is 17.1 Å². The summed E-state index contributed by atoms with van der Waals surface area (Å²) in [5, 5.41) is 17.0. The number of benzene rings is 2. The van der Waals surface area contributed by atoms with Gasteiger partial charge < -0.3 is 10.6 Å². The molecule has 1 atom stereocenters. The molecule has 0 heterocycles. The Morgan fingerprint density at radius 2 is 1.76 bits per heavy atom. The monoisotopic (exact) mass is 289 g/mol. The predicted octanol–water partition coefficient (Wildman–Crippen LogP) is 3.95. The van der Waals surface area contributed by atoms with Gasteiger partial charge in [-0.2, -0.15) is 0 Å². The van der Waals surface area contributed by atoms with Gasteiger partial charge in [-0.3, -0.25) is 10.1 Å². The zero-order valence-electron chi connectivity index (χ0n) is 11.8. The highest BCUT2D eigenvalue weighted by atomic mass is 19.1. The summed E-state index contributed by atoms with van der Waals surface area (Å²) in [5.41, 5.74) is 2.19. The Bertz CT molecular complexity index is 644. The summed E-state index contributed by atoms with van der Waals surface area (Å²) in [6.07, 6.45) is 0. The summed E-state index contributed by atoms with van der Waals surface area (Å²) in [5.74, 6) is -0.293. The van der Waals surface area contributed by atoms with Crippen molar-refractivity contribution in [3.63, 3.8) is 0 Å². The summed E-state index contributed by atoms with van der Waals surface area (Å²) in [7, 11) is 1.70. The van der Waals surface area contributed by atoms with Gasteiger partial charge in [-0.25, -0.2) is 4.39 Å². The molecule has 5 nitrogen and oxygen atoms in total. The van der Waals surface area contributed by atoms with Crippen molar-refractivity contribution in [1.29, 1.82) is 0 Å². The second-order valence-corrected chi connectivity index (χ2v) is 4.69. The molecule has 2 N–H and O–H groups in total. The van der Waals surface area contributed by atoms with E-state index in [1.165, 1.54) is 24.3 Å². The molecular formula is C15H16FN3O2. The molecule has 2 aromatic rings. The number of hydrogen-bond donors (Lipinski definition) is 2. The number of non-ortho nitro benzene ring substituents is 1. The van der Waals surface area contributed by atoms with Crippen molar-refractivity contribution in [3.8, 4) is 0 Å². The van der Waals surface area contributed by atoms with Crippen molar-refractivity contribution in [2.24, 2.45) is 0 Å². The maximum atomic E-state index is 12.9. The number of nitro benzene ring substituents is 1. The number of nitrogens with zero attached hydrogens (tertiary/aromatic N) is 1. The van der Waals surface area contributed by atoms with Crippen LogP contribution < -0.4 is 10.6 Å². The third-order valence-corrected chi connectivity index (χ3v) is 3.17. The van der Waals surface area contributed by atoms with Crippen molar-refractivity contribution in [3.05, 3.63) is 64.0 Å². The number of halogens is 1. The number of nitro groups is 1. The van der Waals surface area contributed by atoms with Crippen LogP contribution in [0.1, 0.15) is 18.5 Å². The zero-order chi connectivity index (χ0) is 15.4. The van der Waals surface area contributed by atoms with Gasteiger partial charge in [0.25, 0.3) is 5.69 Å². The SMILES string of the molecule is CNc1cc(NC(C)c2ccc(F)cc2)cc([N+](=O)[O-])c1. The van der Waals surface area contributed by atoms with Crippen LogP contribution in [-0.2, 0) is 0 Å².